The van der Waals surface area contributed by atoms with E-state index < -0.39 is 0 Å². The predicted octanol–water partition coefficient (Wildman–Crippen LogP) is 3.72. The first-order valence-corrected chi connectivity index (χ1v) is 6.96. The van der Waals surface area contributed by atoms with Crippen molar-refractivity contribution in [3.05, 3.63) is 41.7 Å². The molecule has 2 heteroatoms. The second kappa shape index (κ2) is 6.14. The molecule has 18 heavy (non-hydrogen) atoms. The SMILES string of the molecule is CC1=CC(C)CC(CNC(C)c2ccccn2)C1. The lowest BCUT2D eigenvalue weighted by Gasteiger charge is -2.27. The van der Waals surface area contributed by atoms with E-state index in [0.29, 0.717) is 6.04 Å². The molecule has 1 heterocycles. The number of rotatable bonds is 4. The minimum atomic E-state index is 0.340. The Morgan fingerprint density at radius 2 is 2.28 bits per heavy atom. The van der Waals surface area contributed by atoms with Crippen molar-refractivity contribution in [2.24, 2.45) is 11.8 Å². The monoisotopic (exact) mass is 244 g/mol. The predicted molar refractivity (Wildman–Crippen MR) is 76.3 cm³/mol. The maximum atomic E-state index is 4.40. The van der Waals surface area contributed by atoms with E-state index in [2.05, 4.69) is 49.3 Å². The Morgan fingerprint density at radius 3 is 2.94 bits per heavy atom. The molecular weight excluding hydrogens is 220 g/mol. The Kier molecular flexibility index (Phi) is 4.54. The number of pyridine rings is 1. The van der Waals surface area contributed by atoms with E-state index in [9.17, 15) is 0 Å². The molecule has 0 fully saturated rings. The van der Waals surface area contributed by atoms with Crippen molar-refractivity contribution in [3.63, 3.8) is 0 Å². The van der Waals surface area contributed by atoms with E-state index in [-0.39, 0.29) is 0 Å². The number of hydrogen-bond acceptors (Lipinski definition) is 2. The first-order valence-electron chi connectivity index (χ1n) is 6.96. The lowest BCUT2D eigenvalue weighted by atomic mass is 9.83. The summed E-state index contributed by atoms with van der Waals surface area (Å²) in [5, 5.41) is 3.62. The molecule has 98 valence electrons. The lowest BCUT2D eigenvalue weighted by molar-refractivity contribution is 0.365. The fraction of sp³-hybridized carbons (Fsp3) is 0.562. The van der Waals surface area contributed by atoms with Crippen LogP contribution in [0.4, 0.5) is 0 Å². The van der Waals surface area contributed by atoms with Crippen LogP contribution in [-0.2, 0) is 0 Å². The van der Waals surface area contributed by atoms with Gasteiger partial charge in [0.05, 0.1) is 5.69 Å². The average Bonchev–Trinajstić information content (AvgIpc) is 2.36. The van der Waals surface area contributed by atoms with Gasteiger partial charge in [0, 0.05) is 12.2 Å². The molecule has 0 radical (unpaired) electrons. The van der Waals surface area contributed by atoms with Gasteiger partial charge >= 0.3 is 0 Å². The van der Waals surface area contributed by atoms with Crippen LogP contribution in [-0.4, -0.2) is 11.5 Å². The number of aromatic nitrogens is 1. The minimum absolute atomic E-state index is 0.340. The van der Waals surface area contributed by atoms with Gasteiger partial charge in [0.25, 0.3) is 0 Å². The van der Waals surface area contributed by atoms with Crippen molar-refractivity contribution >= 4 is 0 Å². The van der Waals surface area contributed by atoms with Crippen LogP contribution in [0, 0.1) is 11.8 Å². The maximum absolute atomic E-state index is 4.40. The normalized spacial score (nSPS) is 25.6. The molecular formula is C16H24N2. The fourth-order valence-electron chi connectivity index (χ4n) is 2.92. The average molecular weight is 244 g/mol. The molecule has 3 unspecified atom stereocenters. The standard InChI is InChI=1S/C16H24N2/c1-12-8-13(2)10-15(9-12)11-18-14(3)16-6-4-5-7-17-16/h4-8,12,14-15,18H,9-11H2,1-3H3. The van der Waals surface area contributed by atoms with E-state index >= 15 is 0 Å². The summed E-state index contributed by atoms with van der Waals surface area (Å²) < 4.78 is 0. The molecule has 1 N–H and O–H groups in total. The summed E-state index contributed by atoms with van der Waals surface area (Å²) in [5.41, 5.74) is 2.68. The van der Waals surface area contributed by atoms with Gasteiger partial charge in [0.1, 0.15) is 0 Å². The third-order valence-electron chi connectivity index (χ3n) is 3.73. The lowest BCUT2D eigenvalue weighted by Crippen LogP contribution is -2.28. The van der Waals surface area contributed by atoms with Crippen LogP contribution in [0.15, 0.2) is 36.0 Å². The van der Waals surface area contributed by atoms with Crippen molar-refractivity contribution in [2.75, 3.05) is 6.54 Å². The van der Waals surface area contributed by atoms with Crippen LogP contribution in [0.3, 0.4) is 0 Å². The van der Waals surface area contributed by atoms with Crippen LogP contribution >= 0.6 is 0 Å². The van der Waals surface area contributed by atoms with Crippen molar-refractivity contribution < 1.29 is 0 Å². The summed E-state index contributed by atoms with van der Waals surface area (Å²) in [6, 6.07) is 6.45. The second-order valence-corrected chi connectivity index (χ2v) is 5.68. The van der Waals surface area contributed by atoms with Crippen LogP contribution in [0.25, 0.3) is 0 Å². The van der Waals surface area contributed by atoms with Gasteiger partial charge in [-0.05, 0) is 57.2 Å². The third-order valence-corrected chi connectivity index (χ3v) is 3.73. The summed E-state index contributed by atoms with van der Waals surface area (Å²) in [6.07, 6.45) is 6.83. The molecule has 2 nitrogen and oxygen atoms in total. The fourth-order valence-corrected chi connectivity index (χ4v) is 2.92. The summed E-state index contributed by atoms with van der Waals surface area (Å²) in [4.78, 5) is 4.40. The van der Waals surface area contributed by atoms with Gasteiger partial charge < -0.3 is 5.32 Å². The highest BCUT2D eigenvalue weighted by Crippen LogP contribution is 2.27. The molecule has 0 amide bonds. The van der Waals surface area contributed by atoms with Crippen molar-refractivity contribution in [1.82, 2.24) is 10.3 Å². The zero-order valence-corrected chi connectivity index (χ0v) is 11.7. The number of hydrogen-bond donors (Lipinski definition) is 1. The molecule has 0 aliphatic heterocycles. The van der Waals surface area contributed by atoms with E-state index in [1.54, 1.807) is 5.57 Å². The van der Waals surface area contributed by atoms with E-state index in [1.165, 1.54) is 12.8 Å². The number of nitrogens with one attached hydrogen (secondary N) is 1. The Labute approximate surface area is 111 Å². The minimum Gasteiger partial charge on any atom is -0.309 e. The molecule has 2 rings (SSSR count). The largest absolute Gasteiger partial charge is 0.309 e. The van der Waals surface area contributed by atoms with E-state index in [0.717, 1.165) is 24.1 Å². The smallest absolute Gasteiger partial charge is 0.0570 e. The molecule has 0 aromatic carbocycles. The molecule has 0 saturated heterocycles. The van der Waals surface area contributed by atoms with Gasteiger partial charge in [-0.25, -0.2) is 0 Å². The number of nitrogens with zero attached hydrogens (tertiary/aromatic N) is 1. The molecule has 0 spiro atoms. The Morgan fingerprint density at radius 1 is 1.44 bits per heavy atom. The van der Waals surface area contributed by atoms with Gasteiger partial charge in [-0.2, -0.15) is 0 Å². The highest BCUT2D eigenvalue weighted by molar-refractivity contribution is 5.09. The summed E-state index contributed by atoms with van der Waals surface area (Å²) in [6.45, 7) is 7.85. The molecule has 1 aliphatic rings. The van der Waals surface area contributed by atoms with Crippen molar-refractivity contribution in [2.45, 2.75) is 39.7 Å². The number of allylic oxidation sites excluding steroid dienone is 2. The van der Waals surface area contributed by atoms with Gasteiger partial charge in [0.2, 0.25) is 0 Å². The van der Waals surface area contributed by atoms with Crippen molar-refractivity contribution in [3.8, 4) is 0 Å². The van der Waals surface area contributed by atoms with Gasteiger partial charge in [0.15, 0.2) is 0 Å². The molecule has 0 saturated carbocycles. The second-order valence-electron chi connectivity index (χ2n) is 5.68. The van der Waals surface area contributed by atoms with Crippen LogP contribution in [0.2, 0.25) is 0 Å². The Bertz CT molecular complexity index is 397. The van der Waals surface area contributed by atoms with Crippen LogP contribution in [0.1, 0.15) is 45.3 Å². The zero-order valence-electron chi connectivity index (χ0n) is 11.7. The summed E-state index contributed by atoms with van der Waals surface area (Å²) >= 11 is 0. The van der Waals surface area contributed by atoms with Gasteiger partial charge in [-0.1, -0.05) is 24.6 Å². The molecule has 3 atom stereocenters. The first-order chi connectivity index (χ1) is 8.65. The third kappa shape index (κ3) is 3.67. The highest BCUT2D eigenvalue weighted by atomic mass is 14.9. The maximum Gasteiger partial charge on any atom is 0.0570 e. The highest BCUT2D eigenvalue weighted by Gasteiger charge is 2.18. The van der Waals surface area contributed by atoms with Crippen molar-refractivity contribution in [1.29, 1.82) is 0 Å². The van der Waals surface area contributed by atoms with E-state index in [4.69, 9.17) is 0 Å². The summed E-state index contributed by atoms with van der Waals surface area (Å²) in [7, 11) is 0. The molecule has 0 bridgehead atoms. The topological polar surface area (TPSA) is 24.9 Å². The zero-order chi connectivity index (χ0) is 13.0. The quantitative estimate of drug-likeness (QED) is 0.816. The van der Waals surface area contributed by atoms with E-state index in [1.807, 2.05) is 12.3 Å². The Balaban J connectivity index is 1.83. The first kappa shape index (κ1) is 13.3. The molecule has 1 aliphatic carbocycles. The van der Waals surface area contributed by atoms with Gasteiger partial charge in [-0.3, -0.25) is 4.98 Å². The Hall–Kier alpha value is -1.15. The van der Waals surface area contributed by atoms with Gasteiger partial charge in [-0.15, -0.1) is 0 Å². The van der Waals surface area contributed by atoms with Crippen LogP contribution in [0.5, 0.6) is 0 Å². The summed E-state index contributed by atoms with van der Waals surface area (Å²) in [5.74, 6) is 1.51. The molecule has 1 aromatic rings. The van der Waals surface area contributed by atoms with Crippen LogP contribution < -0.4 is 5.32 Å². The molecule has 1 aromatic heterocycles.